The van der Waals surface area contributed by atoms with Gasteiger partial charge in [0.25, 0.3) is 5.69 Å². The average molecular weight is 491 g/mol. The number of fused-ring (bicyclic) bond motifs is 1. The van der Waals surface area contributed by atoms with Gasteiger partial charge in [-0.05, 0) is 61.0 Å². The van der Waals surface area contributed by atoms with Crippen LogP contribution in [0.15, 0.2) is 77.0 Å². The van der Waals surface area contributed by atoms with E-state index in [9.17, 15) is 14.9 Å². The number of rotatable bonds is 10. The molecular weight excluding hydrogens is 468 g/mol. The van der Waals surface area contributed by atoms with E-state index in [-0.39, 0.29) is 5.69 Å². The molecule has 0 saturated carbocycles. The minimum Gasteiger partial charge on any atom is -0.494 e. The third-order valence-corrected chi connectivity index (χ3v) is 5.88. The summed E-state index contributed by atoms with van der Waals surface area (Å²) in [7, 11) is 0. The molecule has 3 aromatic carbocycles. The van der Waals surface area contributed by atoms with Crippen molar-refractivity contribution in [2.24, 2.45) is 10.2 Å². The Morgan fingerprint density at radius 1 is 1.00 bits per heavy atom. The lowest BCUT2D eigenvalue weighted by atomic mass is 10.2. The van der Waals surface area contributed by atoms with Crippen LogP contribution in [0.4, 0.5) is 16.5 Å². The van der Waals surface area contributed by atoms with Gasteiger partial charge >= 0.3 is 5.97 Å². The molecule has 1 heterocycles. The molecule has 35 heavy (non-hydrogen) atoms. The Balaban J connectivity index is 1.34. The number of carbonyl (C=O) groups excluding carboxylic acids is 1. The van der Waals surface area contributed by atoms with Gasteiger partial charge in [0.15, 0.2) is 0 Å². The molecular formula is C25H22N4O5S. The lowest BCUT2D eigenvalue weighted by Gasteiger charge is -2.07. The fourth-order valence-electron chi connectivity index (χ4n) is 3.13. The van der Waals surface area contributed by atoms with Crippen molar-refractivity contribution in [2.75, 3.05) is 6.61 Å². The highest BCUT2D eigenvalue weighted by Crippen LogP contribution is 2.32. The Labute approximate surface area is 205 Å². The van der Waals surface area contributed by atoms with Crippen LogP contribution in [0, 0.1) is 10.1 Å². The third-order valence-electron chi connectivity index (χ3n) is 4.98. The lowest BCUT2D eigenvalue weighted by Crippen LogP contribution is -2.08. The largest absolute Gasteiger partial charge is 0.494 e. The van der Waals surface area contributed by atoms with E-state index >= 15 is 0 Å². The fraction of sp³-hybridized carbons (Fsp3) is 0.200. The highest BCUT2D eigenvalue weighted by molar-refractivity contribution is 7.21. The maximum atomic E-state index is 12.4. The van der Waals surface area contributed by atoms with E-state index in [1.54, 1.807) is 54.6 Å². The van der Waals surface area contributed by atoms with Gasteiger partial charge in [-0.3, -0.25) is 10.1 Å². The van der Waals surface area contributed by atoms with Crippen molar-refractivity contribution in [3.8, 4) is 11.5 Å². The molecule has 0 N–H and O–H groups in total. The molecule has 10 heteroatoms. The number of benzene rings is 3. The minimum atomic E-state index is -0.472. The number of aromatic nitrogens is 1. The molecule has 1 aromatic heterocycles. The number of hydrogen-bond acceptors (Lipinski definition) is 9. The predicted octanol–water partition coefficient (Wildman–Crippen LogP) is 7.41. The Kier molecular flexibility index (Phi) is 7.74. The van der Waals surface area contributed by atoms with E-state index in [0.717, 1.165) is 25.0 Å². The molecule has 178 valence electrons. The van der Waals surface area contributed by atoms with Gasteiger partial charge < -0.3 is 9.47 Å². The second kappa shape index (κ2) is 11.3. The van der Waals surface area contributed by atoms with Gasteiger partial charge in [-0.2, -0.15) is 0 Å². The zero-order valence-electron chi connectivity index (χ0n) is 18.9. The van der Waals surface area contributed by atoms with E-state index in [1.165, 1.54) is 23.5 Å². The van der Waals surface area contributed by atoms with Crippen LogP contribution in [-0.2, 0) is 0 Å². The van der Waals surface area contributed by atoms with Gasteiger partial charge in [0.2, 0.25) is 5.13 Å². The molecule has 0 fully saturated rings. The molecule has 0 unspecified atom stereocenters. The molecule has 0 spiro atoms. The molecule has 0 atom stereocenters. The molecule has 0 saturated heterocycles. The van der Waals surface area contributed by atoms with Crippen LogP contribution in [0.2, 0.25) is 0 Å². The summed E-state index contributed by atoms with van der Waals surface area (Å²) >= 11 is 1.21. The van der Waals surface area contributed by atoms with Gasteiger partial charge in [-0.25, -0.2) is 9.78 Å². The molecule has 0 amide bonds. The number of unbranched alkanes of at least 4 members (excludes halogenated alkanes) is 2. The monoisotopic (exact) mass is 490 g/mol. The molecule has 4 rings (SSSR count). The fourth-order valence-corrected chi connectivity index (χ4v) is 3.95. The molecule has 0 aliphatic heterocycles. The smallest absolute Gasteiger partial charge is 0.343 e. The van der Waals surface area contributed by atoms with Crippen molar-refractivity contribution in [1.82, 2.24) is 4.98 Å². The predicted molar refractivity (Wildman–Crippen MR) is 133 cm³/mol. The van der Waals surface area contributed by atoms with Crippen molar-refractivity contribution >= 4 is 44.0 Å². The number of nitrogens with zero attached hydrogens (tertiary/aromatic N) is 4. The van der Waals surface area contributed by atoms with Gasteiger partial charge in [0, 0.05) is 12.1 Å². The number of azo groups is 1. The van der Waals surface area contributed by atoms with Crippen LogP contribution in [0.1, 0.15) is 36.5 Å². The second-order valence-corrected chi connectivity index (χ2v) is 8.58. The number of hydrogen-bond donors (Lipinski definition) is 0. The molecule has 0 radical (unpaired) electrons. The average Bonchev–Trinajstić information content (AvgIpc) is 3.29. The molecule has 9 nitrogen and oxygen atoms in total. The maximum absolute atomic E-state index is 12.4. The summed E-state index contributed by atoms with van der Waals surface area (Å²) in [6, 6.07) is 17.9. The van der Waals surface area contributed by atoms with E-state index < -0.39 is 10.9 Å². The number of nitro groups is 1. The van der Waals surface area contributed by atoms with E-state index in [0.29, 0.717) is 39.0 Å². The third kappa shape index (κ3) is 6.45. The zero-order chi connectivity index (χ0) is 24.6. The summed E-state index contributed by atoms with van der Waals surface area (Å²) in [6.07, 6.45) is 3.26. The van der Waals surface area contributed by atoms with E-state index in [4.69, 9.17) is 9.47 Å². The zero-order valence-corrected chi connectivity index (χ0v) is 19.7. The highest BCUT2D eigenvalue weighted by atomic mass is 32.1. The summed E-state index contributed by atoms with van der Waals surface area (Å²) < 4.78 is 11.7. The molecule has 0 bridgehead atoms. The lowest BCUT2D eigenvalue weighted by molar-refractivity contribution is -0.384. The Bertz CT molecular complexity index is 1350. The number of carbonyl (C=O) groups is 1. The Morgan fingerprint density at radius 3 is 2.46 bits per heavy atom. The Hall–Kier alpha value is -4.18. The molecule has 0 aliphatic carbocycles. The van der Waals surface area contributed by atoms with Crippen LogP contribution >= 0.6 is 11.3 Å². The first-order chi connectivity index (χ1) is 17.0. The SMILES string of the molecule is CCCCCOc1ccc(C(=O)Oc2ccc(N=Nc3nc4ccc([N+](=O)[O-])cc4s3)cc2)cc1. The quantitative estimate of drug-likeness (QED) is 0.0570. The van der Waals surface area contributed by atoms with Crippen molar-refractivity contribution in [1.29, 1.82) is 0 Å². The highest BCUT2D eigenvalue weighted by Gasteiger charge is 2.11. The number of thiazole rings is 1. The van der Waals surface area contributed by atoms with Gasteiger partial charge in [-0.1, -0.05) is 31.1 Å². The molecule has 0 aliphatic rings. The number of esters is 1. The van der Waals surface area contributed by atoms with Crippen LogP contribution in [0.3, 0.4) is 0 Å². The summed E-state index contributed by atoms with van der Waals surface area (Å²) in [5, 5.41) is 19.5. The van der Waals surface area contributed by atoms with Crippen molar-refractivity contribution < 1.29 is 19.2 Å². The summed E-state index contributed by atoms with van der Waals surface area (Å²) in [6.45, 7) is 2.80. The first-order valence-electron chi connectivity index (χ1n) is 11.0. The second-order valence-electron chi connectivity index (χ2n) is 7.57. The standard InChI is InChI=1S/C25H22N4O5S/c1-2-3-4-15-33-20-10-5-17(6-11-20)24(30)34-21-12-7-18(8-13-21)27-28-25-26-22-14-9-19(29(31)32)16-23(22)35-25/h5-14,16H,2-4,15H2,1H3. The van der Waals surface area contributed by atoms with Crippen LogP contribution < -0.4 is 9.47 Å². The van der Waals surface area contributed by atoms with Gasteiger partial charge in [0.1, 0.15) is 11.5 Å². The van der Waals surface area contributed by atoms with Crippen LogP contribution in [0.25, 0.3) is 10.2 Å². The van der Waals surface area contributed by atoms with Gasteiger partial charge in [0.05, 0.1) is 33.0 Å². The van der Waals surface area contributed by atoms with Crippen molar-refractivity contribution in [2.45, 2.75) is 26.2 Å². The maximum Gasteiger partial charge on any atom is 0.343 e. The number of non-ortho nitro benzene ring substituents is 1. The summed E-state index contributed by atoms with van der Waals surface area (Å²) in [5.74, 6) is 0.625. The summed E-state index contributed by atoms with van der Waals surface area (Å²) in [5.41, 5.74) is 1.58. The first-order valence-corrected chi connectivity index (χ1v) is 11.9. The summed E-state index contributed by atoms with van der Waals surface area (Å²) in [4.78, 5) is 27.2. The molecule has 4 aromatic rings. The van der Waals surface area contributed by atoms with Crippen molar-refractivity contribution in [3.05, 3.63) is 82.4 Å². The number of nitro benzene ring substituents is 1. The Morgan fingerprint density at radius 2 is 1.74 bits per heavy atom. The van der Waals surface area contributed by atoms with E-state index in [1.807, 2.05) is 0 Å². The van der Waals surface area contributed by atoms with E-state index in [2.05, 4.69) is 22.1 Å². The number of ether oxygens (including phenoxy) is 2. The normalized spacial score (nSPS) is 11.1. The minimum absolute atomic E-state index is 0.00135. The van der Waals surface area contributed by atoms with Gasteiger partial charge in [-0.15, -0.1) is 10.2 Å². The topological polar surface area (TPSA) is 116 Å². The van der Waals surface area contributed by atoms with Crippen LogP contribution in [0.5, 0.6) is 11.5 Å². The van der Waals surface area contributed by atoms with Crippen LogP contribution in [-0.4, -0.2) is 22.5 Å². The first kappa shape index (κ1) is 24.0. The van der Waals surface area contributed by atoms with Crippen molar-refractivity contribution in [3.63, 3.8) is 0 Å².